The van der Waals surface area contributed by atoms with E-state index in [4.69, 9.17) is 0 Å². The summed E-state index contributed by atoms with van der Waals surface area (Å²) in [6.07, 6.45) is -0.00873. The van der Waals surface area contributed by atoms with Crippen LogP contribution < -0.4 is 0 Å². The molecule has 0 N–H and O–H groups in total. The van der Waals surface area contributed by atoms with E-state index in [-0.39, 0.29) is 16.6 Å². The van der Waals surface area contributed by atoms with Gasteiger partial charge in [0.25, 0.3) is 5.69 Å². The second-order valence-corrected chi connectivity index (χ2v) is 4.53. The second kappa shape index (κ2) is 5.40. The van der Waals surface area contributed by atoms with E-state index in [1.807, 2.05) is 0 Å². The van der Waals surface area contributed by atoms with Crippen LogP contribution >= 0.6 is 31.9 Å². The van der Waals surface area contributed by atoms with Gasteiger partial charge < -0.3 is 4.74 Å². The first kappa shape index (κ1) is 13.1. The average molecular weight is 353 g/mol. The van der Waals surface area contributed by atoms with Gasteiger partial charge in [-0.25, -0.2) is 0 Å². The van der Waals surface area contributed by atoms with Crippen LogP contribution in [-0.4, -0.2) is 18.0 Å². The number of carbonyl (C=O) groups excluding carboxylic acids is 1. The van der Waals surface area contributed by atoms with Crippen molar-refractivity contribution >= 4 is 43.5 Å². The van der Waals surface area contributed by atoms with E-state index in [9.17, 15) is 14.9 Å². The summed E-state index contributed by atoms with van der Waals surface area (Å²) in [5.74, 6) is -0.447. The van der Waals surface area contributed by atoms with Crippen LogP contribution in [0.4, 0.5) is 5.69 Å². The lowest BCUT2D eigenvalue weighted by Crippen LogP contribution is -2.06. The average Bonchev–Trinajstić information content (AvgIpc) is 2.21. The molecule has 0 aliphatic carbocycles. The predicted molar refractivity (Wildman–Crippen MR) is 64.2 cm³/mol. The third-order valence-corrected chi connectivity index (χ3v) is 3.42. The molecule has 0 saturated carbocycles. The number of halogens is 2. The van der Waals surface area contributed by atoms with Gasteiger partial charge in [0.05, 0.1) is 22.9 Å². The monoisotopic (exact) mass is 351 g/mol. The summed E-state index contributed by atoms with van der Waals surface area (Å²) >= 11 is 6.19. The highest BCUT2D eigenvalue weighted by molar-refractivity contribution is 9.11. The van der Waals surface area contributed by atoms with Gasteiger partial charge in [0, 0.05) is 0 Å². The van der Waals surface area contributed by atoms with Gasteiger partial charge in [0.1, 0.15) is 4.47 Å². The molecule has 16 heavy (non-hydrogen) atoms. The Labute approximate surface area is 108 Å². The topological polar surface area (TPSA) is 69.4 Å². The fourth-order valence-corrected chi connectivity index (χ4v) is 2.49. The molecular formula is C9H7Br2NO4. The zero-order valence-electron chi connectivity index (χ0n) is 8.20. The summed E-state index contributed by atoms with van der Waals surface area (Å²) in [6.45, 7) is 0. The van der Waals surface area contributed by atoms with Crippen molar-refractivity contribution in [3.63, 3.8) is 0 Å². The maximum atomic E-state index is 11.1. The molecule has 0 heterocycles. The lowest BCUT2D eigenvalue weighted by atomic mass is 10.1. The fourth-order valence-electron chi connectivity index (χ4n) is 1.11. The van der Waals surface area contributed by atoms with Crippen LogP contribution in [0, 0.1) is 10.1 Å². The summed E-state index contributed by atoms with van der Waals surface area (Å²) in [7, 11) is 1.27. The zero-order chi connectivity index (χ0) is 12.3. The molecule has 1 aromatic rings. The van der Waals surface area contributed by atoms with Gasteiger partial charge in [-0.15, -0.1) is 0 Å². The Bertz CT molecular complexity index is 447. The highest BCUT2D eigenvalue weighted by atomic mass is 79.9. The standard InChI is InChI=1S/C9H7Br2NO4/c1-16-7(13)4-5-2-3-6(10)9(8(5)11)12(14)15/h2-3H,4H2,1H3. The number of methoxy groups -OCH3 is 1. The molecule has 0 aromatic heterocycles. The van der Waals surface area contributed by atoms with Crippen molar-refractivity contribution in [1.82, 2.24) is 0 Å². The molecule has 7 heteroatoms. The minimum atomic E-state index is -0.519. The summed E-state index contributed by atoms with van der Waals surface area (Å²) in [4.78, 5) is 21.3. The Morgan fingerprint density at radius 1 is 1.50 bits per heavy atom. The first-order chi connectivity index (χ1) is 7.47. The molecule has 0 atom stereocenters. The van der Waals surface area contributed by atoms with Gasteiger partial charge in [0.2, 0.25) is 0 Å². The minimum Gasteiger partial charge on any atom is -0.469 e. The SMILES string of the molecule is COC(=O)Cc1ccc(Br)c([N+](=O)[O-])c1Br. The molecule has 86 valence electrons. The summed E-state index contributed by atoms with van der Waals surface area (Å²) in [6, 6.07) is 3.15. The molecule has 0 bridgehead atoms. The van der Waals surface area contributed by atoms with Crippen molar-refractivity contribution in [2.24, 2.45) is 0 Å². The first-order valence-electron chi connectivity index (χ1n) is 4.15. The number of carbonyl (C=O) groups is 1. The van der Waals surface area contributed by atoms with Crippen molar-refractivity contribution in [3.05, 3.63) is 36.8 Å². The maximum absolute atomic E-state index is 11.1. The fraction of sp³-hybridized carbons (Fsp3) is 0.222. The Morgan fingerprint density at radius 3 is 2.62 bits per heavy atom. The normalized spacial score (nSPS) is 9.94. The predicted octanol–water partition coefficient (Wildman–Crippen LogP) is 2.84. The second-order valence-electron chi connectivity index (χ2n) is 2.88. The number of nitro benzene ring substituents is 1. The molecule has 0 fully saturated rings. The number of ether oxygens (including phenoxy) is 1. The molecular weight excluding hydrogens is 346 g/mol. The Kier molecular flexibility index (Phi) is 4.43. The number of nitro groups is 1. The van der Waals surface area contributed by atoms with Crippen molar-refractivity contribution < 1.29 is 14.5 Å². The van der Waals surface area contributed by atoms with Crippen LogP contribution in [-0.2, 0) is 16.0 Å². The van der Waals surface area contributed by atoms with Crippen molar-refractivity contribution in [3.8, 4) is 0 Å². The molecule has 0 amide bonds. The molecule has 0 radical (unpaired) electrons. The highest BCUT2D eigenvalue weighted by Gasteiger charge is 2.21. The van der Waals surface area contributed by atoms with Crippen LogP contribution in [0.2, 0.25) is 0 Å². The van der Waals surface area contributed by atoms with Gasteiger partial charge in [-0.1, -0.05) is 6.07 Å². The summed E-state index contributed by atoms with van der Waals surface area (Å²) in [5.41, 5.74) is 0.420. The van der Waals surface area contributed by atoms with Crippen molar-refractivity contribution in [1.29, 1.82) is 0 Å². The van der Waals surface area contributed by atoms with Crippen LogP contribution in [0.5, 0.6) is 0 Å². The molecule has 0 saturated heterocycles. The zero-order valence-corrected chi connectivity index (χ0v) is 11.4. The molecule has 1 rings (SSSR count). The maximum Gasteiger partial charge on any atom is 0.310 e. The molecule has 1 aromatic carbocycles. The number of hydrogen-bond donors (Lipinski definition) is 0. The highest BCUT2D eigenvalue weighted by Crippen LogP contribution is 2.35. The largest absolute Gasteiger partial charge is 0.469 e. The van der Waals surface area contributed by atoms with Crippen LogP contribution in [0.25, 0.3) is 0 Å². The Hall–Kier alpha value is -0.950. The molecule has 0 aliphatic rings. The minimum absolute atomic E-state index is 0.00873. The molecule has 5 nitrogen and oxygen atoms in total. The number of nitrogens with zero attached hydrogens (tertiary/aromatic N) is 1. The van der Waals surface area contributed by atoms with E-state index in [0.29, 0.717) is 10.0 Å². The third kappa shape index (κ3) is 2.79. The van der Waals surface area contributed by atoms with Gasteiger partial charge in [-0.2, -0.15) is 0 Å². The van der Waals surface area contributed by atoms with E-state index in [2.05, 4.69) is 36.6 Å². The van der Waals surface area contributed by atoms with E-state index in [1.54, 1.807) is 6.07 Å². The van der Waals surface area contributed by atoms with Crippen molar-refractivity contribution in [2.45, 2.75) is 6.42 Å². The molecule has 0 aliphatic heterocycles. The van der Waals surface area contributed by atoms with E-state index >= 15 is 0 Å². The molecule has 0 spiro atoms. The number of benzene rings is 1. The first-order valence-corrected chi connectivity index (χ1v) is 5.74. The van der Waals surface area contributed by atoms with E-state index in [1.165, 1.54) is 13.2 Å². The van der Waals surface area contributed by atoms with Gasteiger partial charge in [0.15, 0.2) is 0 Å². The van der Waals surface area contributed by atoms with Crippen LogP contribution in [0.3, 0.4) is 0 Å². The van der Waals surface area contributed by atoms with E-state index < -0.39 is 10.9 Å². The lowest BCUT2D eigenvalue weighted by molar-refractivity contribution is -0.386. The Balaban J connectivity index is 3.18. The van der Waals surface area contributed by atoms with Gasteiger partial charge in [-0.05, 0) is 43.5 Å². The smallest absolute Gasteiger partial charge is 0.310 e. The van der Waals surface area contributed by atoms with Crippen molar-refractivity contribution in [2.75, 3.05) is 7.11 Å². The Morgan fingerprint density at radius 2 is 2.12 bits per heavy atom. The number of rotatable bonds is 3. The van der Waals surface area contributed by atoms with Gasteiger partial charge in [-0.3, -0.25) is 14.9 Å². The summed E-state index contributed by atoms with van der Waals surface area (Å²) < 4.78 is 5.15. The molecule has 0 unspecified atom stereocenters. The summed E-state index contributed by atoms with van der Waals surface area (Å²) in [5, 5.41) is 10.8. The quantitative estimate of drug-likeness (QED) is 0.476. The van der Waals surface area contributed by atoms with E-state index in [0.717, 1.165) is 0 Å². The van der Waals surface area contributed by atoms with Gasteiger partial charge >= 0.3 is 5.97 Å². The number of esters is 1. The number of hydrogen-bond acceptors (Lipinski definition) is 4. The lowest BCUT2D eigenvalue weighted by Gasteiger charge is -2.05. The third-order valence-electron chi connectivity index (χ3n) is 1.89. The van der Waals surface area contributed by atoms with Crippen LogP contribution in [0.1, 0.15) is 5.56 Å². The van der Waals surface area contributed by atoms with Crippen LogP contribution in [0.15, 0.2) is 21.1 Å².